The number of rotatable bonds is 7. The van der Waals surface area contributed by atoms with E-state index in [0.29, 0.717) is 32.6 Å². The minimum Gasteiger partial charge on any atom is -0.492 e. The number of nitrogens with zero attached hydrogens (tertiary/aromatic N) is 1. The van der Waals surface area contributed by atoms with Gasteiger partial charge in [-0.05, 0) is 78.0 Å². The molecule has 1 fully saturated rings. The molecule has 0 radical (unpaired) electrons. The van der Waals surface area contributed by atoms with Crippen LogP contribution in [-0.2, 0) is 4.79 Å². The zero-order valence-electron chi connectivity index (χ0n) is 17.6. The Bertz CT molecular complexity index is 1260. The molecule has 1 heterocycles. The van der Waals surface area contributed by atoms with Crippen molar-refractivity contribution in [3.05, 3.63) is 98.3 Å². The van der Waals surface area contributed by atoms with E-state index >= 15 is 0 Å². The number of hydrogen-bond donors (Lipinski definition) is 0. The quantitative estimate of drug-likeness (QED) is 0.189. The van der Waals surface area contributed by atoms with Crippen molar-refractivity contribution in [1.29, 1.82) is 0 Å². The van der Waals surface area contributed by atoms with E-state index in [1.807, 2.05) is 6.07 Å². The Morgan fingerprint density at radius 3 is 2.41 bits per heavy atom. The standard InChI is InChI=1S/C25H17BrClNO5S/c26-18-3-1-2-17(15-18)24(30)33-21-8-4-16(5-9-21)14-22-23(29)28(25(31)34-22)12-13-32-20-10-6-19(27)7-11-20/h1-11,14-15H,12-13H2/b22-14-. The summed E-state index contributed by atoms with van der Waals surface area (Å²) in [4.78, 5) is 38.7. The molecule has 0 atom stereocenters. The topological polar surface area (TPSA) is 72.9 Å². The van der Waals surface area contributed by atoms with Crippen molar-refractivity contribution < 1.29 is 23.9 Å². The summed E-state index contributed by atoms with van der Waals surface area (Å²) in [5, 5.41) is 0.245. The van der Waals surface area contributed by atoms with Crippen LogP contribution in [0, 0.1) is 0 Å². The lowest BCUT2D eigenvalue weighted by molar-refractivity contribution is -0.123. The lowest BCUT2D eigenvalue weighted by atomic mass is 10.2. The fraction of sp³-hybridized carbons (Fsp3) is 0.0800. The van der Waals surface area contributed by atoms with Crippen molar-refractivity contribution in [1.82, 2.24) is 4.90 Å². The van der Waals surface area contributed by atoms with E-state index in [1.54, 1.807) is 72.8 Å². The van der Waals surface area contributed by atoms with Gasteiger partial charge in [0.05, 0.1) is 17.0 Å². The first kappa shape index (κ1) is 24.1. The van der Waals surface area contributed by atoms with E-state index in [4.69, 9.17) is 21.1 Å². The van der Waals surface area contributed by atoms with Crippen LogP contribution in [0.3, 0.4) is 0 Å². The monoisotopic (exact) mass is 557 g/mol. The number of imide groups is 1. The molecule has 1 aliphatic heterocycles. The number of thioether (sulfide) groups is 1. The molecule has 0 bridgehead atoms. The summed E-state index contributed by atoms with van der Waals surface area (Å²) >= 11 is 10.0. The number of esters is 1. The Kier molecular flexibility index (Phi) is 7.72. The van der Waals surface area contributed by atoms with Gasteiger partial charge in [-0.15, -0.1) is 0 Å². The lowest BCUT2D eigenvalue weighted by Crippen LogP contribution is -2.32. The number of carbonyl (C=O) groups is 3. The van der Waals surface area contributed by atoms with Gasteiger partial charge in [0.25, 0.3) is 11.1 Å². The van der Waals surface area contributed by atoms with E-state index in [9.17, 15) is 14.4 Å². The molecule has 0 aromatic heterocycles. The average Bonchev–Trinajstić information content (AvgIpc) is 3.09. The van der Waals surface area contributed by atoms with Crippen LogP contribution in [0.25, 0.3) is 6.08 Å². The first-order valence-electron chi connectivity index (χ1n) is 10.1. The number of amides is 2. The molecule has 4 rings (SSSR count). The molecule has 1 saturated heterocycles. The highest BCUT2D eigenvalue weighted by molar-refractivity contribution is 9.10. The molecule has 34 heavy (non-hydrogen) atoms. The van der Waals surface area contributed by atoms with Gasteiger partial charge in [-0.1, -0.05) is 45.7 Å². The summed E-state index contributed by atoms with van der Waals surface area (Å²) < 4.78 is 11.7. The minimum atomic E-state index is -0.476. The molecule has 6 nitrogen and oxygen atoms in total. The number of halogens is 2. The molecule has 2 amide bonds. The summed E-state index contributed by atoms with van der Waals surface area (Å²) in [5.41, 5.74) is 1.12. The largest absolute Gasteiger partial charge is 0.492 e. The predicted octanol–water partition coefficient (Wildman–Crippen LogP) is 6.44. The minimum absolute atomic E-state index is 0.134. The summed E-state index contributed by atoms with van der Waals surface area (Å²) in [5.74, 6) is 0.123. The van der Waals surface area contributed by atoms with Gasteiger partial charge in [-0.25, -0.2) is 4.79 Å². The summed E-state index contributed by atoms with van der Waals surface area (Å²) in [6.07, 6.45) is 1.63. The molecule has 0 saturated carbocycles. The van der Waals surface area contributed by atoms with Crippen LogP contribution in [0.5, 0.6) is 11.5 Å². The molecular weight excluding hydrogens is 542 g/mol. The van der Waals surface area contributed by atoms with Gasteiger partial charge in [-0.2, -0.15) is 0 Å². The average molecular weight is 559 g/mol. The highest BCUT2D eigenvalue weighted by Gasteiger charge is 2.34. The number of ether oxygens (including phenoxy) is 2. The van der Waals surface area contributed by atoms with E-state index in [-0.39, 0.29) is 24.3 Å². The SMILES string of the molecule is O=C(Oc1ccc(/C=C2\SC(=O)N(CCOc3ccc(Cl)cc3)C2=O)cc1)c1cccc(Br)c1. The van der Waals surface area contributed by atoms with Crippen LogP contribution in [0.4, 0.5) is 4.79 Å². The van der Waals surface area contributed by atoms with Crippen molar-refractivity contribution in [3.63, 3.8) is 0 Å². The molecule has 0 aliphatic carbocycles. The zero-order chi connectivity index (χ0) is 24.1. The van der Waals surface area contributed by atoms with Crippen molar-refractivity contribution in [2.75, 3.05) is 13.2 Å². The molecule has 1 aliphatic rings. The summed E-state index contributed by atoms with van der Waals surface area (Å²) in [7, 11) is 0. The summed E-state index contributed by atoms with van der Waals surface area (Å²) in [6.45, 7) is 0.306. The predicted molar refractivity (Wildman–Crippen MR) is 135 cm³/mol. The second-order valence-electron chi connectivity index (χ2n) is 7.10. The number of carbonyl (C=O) groups excluding carboxylic acids is 3. The maximum atomic E-state index is 12.7. The molecule has 3 aromatic rings. The first-order chi connectivity index (χ1) is 16.4. The van der Waals surface area contributed by atoms with E-state index < -0.39 is 5.97 Å². The molecule has 9 heteroatoms. The van der Waals surface area contributed by atoms with E-state index in [1.165, 1.54) is 0 Å². The van der Waals surface area contributed by atoms with E-state index in [0.717, 1.165) is 21.1 Å². The lowest BCUT2D eigenvalue weighted by Gasteiger charge is -2.13. The van der Waals surface area contributed by atoms with Crippen LogP contribution in [-0.4, -0.2) is 35.2 Å². The normalized spacial score (nSPS) is 14.5. The maximum absolute atomic E-state index is 12.7. The molecule has 0 spiro atoms. The van der Waals surface area contributed by atoms with Crippen LogP contribution >= 0.6 is 39.3 Å². The Hall–Kier alpha value is -3.07. The van der Waals surface area contributed by atoms with Crippen LogP contribution in [0.15, 0.2) is 82.2 Å². The zero-order valence-corrected chi connectivity index (χ0v) is 20.7. The smallest absolute Gasteiger partial charge is 0.343 e. The van der Waals surface area contributed by atoms with Crippen LogP contribution in [0.1, 0.15) is 15.9 Å². The second-order valence-corrected chi connectivity index (χ2v) is 9.45. The van der Waals surface area contributed by atoms with Gasteiger partial charge in [-0.3, -0.25) is 14.5 Å². The van der Waals surface area contributed by atoms with Crippen LogP contribution in [0.2, 0.25) is 5.02 Å². The Morgan fingerprint density at radius 1 is 1.00 bits per heavy atom. The maximum Gasteiger partial charge on any atom is 0.343 e. The van der Waals surface area contributed by atoms with Gasteiger partial charge in [0.2, 0.25) is 0 Å². The van der Waals surface area contributed by atoms with Crippen molar-refractivity contribution in [3.8, 4) is 11.5 Å². The third-order valence-corrected chi connectivity index (χ3v) is 6.37. The van der Waals surface area contributed by atoms with Gasteiger partial charge in [0.15, 0.2) is 0 Å². The van der Waals surface area contributed by atoms with Gasteiger partial charge >= 0.3 is 5.97 Å². The second kappa shape index (κ2) is 10.9. The Balaban J connectivity index is 1.35. The number of benzene rings is 3. The molecule has 0 unspecified atom stereocenters. The van der Waals surface area contributed by atoms with Gasteiger partial charge < -0.3 is 9.47 Å². The number of hydrogen-bond acceptors (Lipinski definition) is 6. The fourth-order valence-electron chi connectivity index (χ4n) is 3.04. The molecular formula is C25H17BrClNO5S. The third kappa shape index (κ3) is 6.08. The first-order valence-corrected chi connectivity index (χ1v) is 12.1. The van der Waals surface area contributed by atoms with Crippen LogP contribution < -0.4 is 9.47 Å². The third-order valence-electron chi connectivity index (χ3n) is 4.72. The van der Waals surface area contributed by atoms with Crippen molar-refractivity contribution >= 4 is 62.5 Å². The fourth-order valence-corrected chi connectivity index (χ4v) is 4.43. The molecule has 172 valence electrons. The van der Waals surface area contributed by atoms with Gasteiger partial charge in [0, 0.05) is 9.50 Å². The van der Waals surface area contributed by atoms with Gasteiger partial charge in [0.1, 0.15) is 18.1 Å². The Morgan fingerprint density at radius 2 is 1.71 bits per heavy atom. The molecule has 3 aromatic carbocycles. The van der Waals surface area contributed by atoms with Crippen molar-refractivity contribution in [2.45, 2.75) is 0 Å². The van der Waals surface area contributed by atoms with Crippen molar-refractivity contribution in [2.24, 2.45) is 0 Å². The highest BCUT2D eigenvalue weighted by atomic mass is 79.9. The summed E-state index contributed by atoms with van der Waals surface area (Å²) in [6, 6.07) is 20.4. The highest BCUT2D eigenvalue weighted by Crippen LogP contribution is 2.32. The molecule has 0 N–H and O–H groups in total. The Labute approximate surface area is 213 Å². The van der Waals surface area contributed by atoms with E-state index in [2.05, 4.69) is 15.9 Å².